The Balaban J connectivity index is 1.71. The fourth-order valence-electron chi connectivity index (χ4n) is 4.71. The Labute approximate surface area is 195 Å². The molecule has 2 fully saturated rings. The molecule has 2 N–H and O–H groups in total. The predicted octanol–water partition coefficient (Wildman–Crippen LogP) is 5.84. The smallest absolute Gasteiger partial charge is 0.371 e. The van der Waals surface area contributed by atoms with Crippen LogP contribution in [0.25, 0.3) is 11.1 Å². The van der Waals surface area contributed by atoms with Crippen LogP contribution in [0, 0.1) is 0 Å². The number of amides is 1. The van der Waals surface area contributed by atoms with Gasteiger partial charge >= 0.3 is 6.18 Å². The molecule has 0 aromatic heterocycles. The van der Waals surface area contributed by atoms with Crippen LogP contribution >= 0.6 is 23.2 Å². The summed E-state index contributed by atoms with van der Waals surface area (Å²) in [5.74, 6) is -0.774. The van der Waals surface area contributed by atoms with E-state index >= 15 is 0 Å². The fourth-order valence-corrected chi connectivity index (χ4v) is 5.39. The van der Waals surface area contributed by atoms with Crippen LogP contribution in [0.3, 0.4) is 0 Å². The van der Waals surface area contributed by atoms with Gasteiger partial charge in [-0.15, -0.1) is 0 Å². The lowest BCUT2D eigenvalue weighted by Crippen LogP contribution is -2.43. The summed E-state index contributed by atoms with van der Waals surface area (Å²) in [6, 6.07) is 7.11. The number of anilines is 1. The minimum absolute atomic E-state index is 0.0106. The Morgan fingerprint density at radius 1 is 1.00 bits per heavy atom. The van der Waals surface area contributed by atoms with Crippen molar-refractivity contribution in [2.45, 2.75) is 37.9 Å². The molecular weight excluding hydrogens is 462 g/mol. The summed E-state index contributed by atoms with van der Waals surface area (Å²) < 4.78 is 41.2. The molecule has 4 nitrogen and oxygen atoms in total. The summed E-state index contributed by atoms with van der Waals surface area (Å²) in [5.41, 5.74) is 5.42. The molecular formula is C23H24Cl2F3N3O. The van der Waals surface area contributed by atoms with Gasteiger partial charge in [-0.2, -0.15) is 13.2 Å². The van der Waals surface area contributed by atoms with Gasteiger partial charge in [0.1, 0.15) is 0 Å². The molecule has 4 rings (SSSR count). The third-order valence-corrected chi connectivity index (χ3v) is 7.08. The van der Waals surface area contributed by atoms with Gasteiger partial charge in [-0.1, -0.05) is 23.2 Å². The third-order valence-electron chi connectivity index (χ3n) is 6.38. The molecule has 2 aliphatic rings. The number of nitrogens with two attached hydrogens (primary N) is 1. The van der Waals surface area contributed by atoms with E-state index in [1.807, 2.05) is 4.90 Å². The molecule has 172 valence electrons. The molecule has 0 unspecified atom stereocenters. The van der Waals surface area contributed by atoms with Crippen LogP contribution < -0.4 is 10.6 Å². The highest BCUT2D eigenvalue weighted by molar-refractivity contribution is 6.41. The SMILES string of the molecule is NC(=O)c1ccc(Cl)c(-c2cc(N3CCC(N4CCCC4)CC3)cc(C(F)(F)F)c2)c1Cl. The maximum atomic E-state index is 13.7. The number of hydrogen-bond acceptors (Lipinski definition) is 3. The van der Waals surface area contributed by atoms with Gasteiger partial charge in [0, 0.05) is 35.4 Å². The lowest BCUT2D eigenvalue weighted by molar-refractivity contribution is -0.137. The van der Waals surface area contributed by atoms with Crippen molar-refractivity contribution in [2.75, 3.05) is 31.1 Å². The average molecular weight is 486 g/mol. The highest BCUT2D eigenvalue weighted by atomic mass is 35.5. The zero-order valence-electron chi connectivity index (χ0n) is 17.4. The Morgan fingerprint density at radius 2 is 1.66 bits per heavy atom. The van der Waals surface area contributed by atoms with Crippen molar-refractivity contribution in [3.8, 4) is 11.1 Å². The molecule has 2 aromatic rings. The zero-order valence-corrected chi connectivity index (χ0v) is 18.9. The van der Waals surface area contributed by atoms with E-state index < -0.39 is 17.6 Å². The third kappa shape index (κ3) is 4.70. The van der Waals surface area contributed by atoms with Gasteiger partial charge in [0.05, 0.1) is 16.1 Å². The molecule has 2 heterocycles. The molecule has 0 spiro atoms. The Morgan fingerprint density at radius 3 is 2.25 bits per heavy atom. The van der Waals surface area contributed by atoms with Gasteiger partial charge < -0.3 is 15.5 Å². The quantitative estimate of drug-likeness (QED) is 0.591. The lowest BCUT2D eigenvalue weighted by Gasteiger charge is -2.38. The van der Waals surface area contributed by atoms with Crippen molar-refractivity contribution in [1.82, 2.24) is 4.90 Å². The minimum atomic E-state index is -4.54. The van der Waals surface area contributed by atoms with Gasteiger partial charge in [0.25, 0.3) is 0 Å². The standard InChI is InChI=1S/C23H24Cl2F3N3O/c24-19-4-3-18(22(29)32)21(25)20(19)14-11-15(23(26,27)28)13-17(12-14)31-9-5-16(6-10-31)30-7-1-2-8-30/h3-4,11-13,16H,1-2,5-10H2,(H2,29,32). The second kappa shape index (κ2) is 9.12. The maximum Gasteiger partial charge on any atom is 0.416 e. The number of rotatable bonds is 4. The van der Waals surface area contributed by atoms with Gasteiger partial charge in [0.2, 0.25) is 5.91 Å². The summed E-state index contributed by atoms with van der Waals surface area (Å²) in [6.07, 6.45) is -0.306. The fraction of sp³-hybridized carbons (Fsp3) is 0.435. The Kier molecular flexibility index (Phi) is 6.61. The molecule has 2 aromatic carbocycles. The van der Waals surface area contributed by atoms with Crippen molar-refractivity contribution in [1.29, 1.82) is 0 Å². The highest BCUT2D eigenvalue weighted by Crippen LogP contribution is 2.42. The summed E-state index contributed by atoms with van der Waals surface area (Å²) in [7, 11) is 0. The largest absolute Gasteiger partial charge is 0.416 e. The first kappa shape index (κ1) is 23.2. The molecule has 0 bridgehead atoms. The summed E-state index contributed by atoms with van der Waals surface area (Å²) >= 11 is 12.7. The maximum absolute atomic E-state index is 13.7. The van der Waals surface area contributed by atoms with Gasteiger partial charge in [-0.05, 0) is 74.7 Å². The van der Waals surface area contributed by atoms with Crippen molar-refractivity contribution >= 4 is 34.8 Å². The second-order valence-electron chi connectivity index (χ2n) is 8.38. The first-order valence-electron chi connectivity index (χ1n) is 10.6. The molecule has 0 saturated carbocycles. The topological polar surface area (TPSA) is 49.6 Å². The number of benzene rings is 2. The van der Waals surface area contributed by atoms with Crippen molar-refractivity contribution < 1.29 is 18.0 Å². The highest BCUT2D eigenvalue weighted by Gasteiger charge is 2.33. The van der Waals surface area contributed by atoms with E-state index in [4.69, 9.17) is 28.9 Å². The van der Waals surface area contributed by atoms with Gasteiger partial charge in [0.15, 0.2) is 0 Å². The van der Waals surface area contributed by atoms with Crippen LogP contribution in [0.15, 0.2) is 30.3 Å². The number of likely N-dealkylation sites (tertiary alicyclic amines) is 1. The number of hydrogen-bond donors (Lipinski definition) is 1. The van der Waals surface area contributed by atoms with Crippen molar-refractivity contribution in [2.24, 2.45) is 5.73 Å². The van der Waals surface area contributed by atoms with E-state index in [9.17, 15) is 18.0 Å². The van der Waals surface area contributed by atoms with Crippen LogP contribution in [0.1, 0.15) is 41.6 Å². The van der Waals surface area contributed by atoms with E-state index in [1.54, 1.807) is 6.07 Å². The number of primary amides is 1. The van der Waals surface area contributed by atoms with E-state index in [2.05, 4.69) is 4.90 Å². The van der Waals surface area contributed by atoms with E-state index in [0.717, 1.165) is 32.0 Å². The normalized spacial score (nSPS) is 18.3. The number of piperidine rings is 1. The van der Waals surface area contributed by atoms with E-state index in [1.165, 1.54) is 31.0 Å². The van der Waals surface area contributed by atoms with Crippen LogP contribution in [0.2, 0.25) is 10.0 Å². The number of halogens is 5. The average Bonchev–Trinajstić information content (AvgIpc) is 3.28. The lowest BCUT2D eigenvalue weighted by atomic mass is 9.97. The molecule has 2 saturated heterocycles. The first-order valence-corrected chi connectivity index (χ1v) is 11.4. The number of carbonyl (C=O) groups excluding carboxylic acids is 1. The van der Waals surface area contributed by atoms with Gasteiger partial charge in [-0.25, -0.2) is 0 Å². The minimum Gasteiger partial charge on any atom is -0.371 e. The van der Waals surface area contributed by atoms with Crippen molar-refractivity contribution in [3.63, 3.8) is 0 Å². The van der Waals surface area contributed by atoms with Crippen LogP contribution in [0.5, 0.6) is 0 Å². The number of carbonyl (C=O) groups is 1. The Hall–Kier alpha value is -1.96. The van der Waals surface area contributed by atoms with Crippen LogP contribution in [0.4, 0.5) is 18.9 Å². The molecule has 0 radical (unpaired) electrons. The zero-order chi connectivity index (χ0) is 23.0. The molecule has 32 heavy (non-hydrogen) atoms. The Bertz CT molecular complexity index is 1010. The van der Waals surface area contributed by atoms with Crippen LogP contribution in [-0.2, 0) is 6.18 Å². The van der Waals surface area contributed by atoms with Crippen LogP contribution in [-0.4, -0.2) is 43.0 Å². The monoisotopic (exact) mass is 485 g/mol. The molecule has 2 aliphatic heterocycles. The second-order valence-corrected chi connectivity index (χ2v) is 9.16. The first-order chi connectivity index (χ1) is 15.1. The van der Waals surface area contributed by atoms with E-state index in [0.29, 0.717) is 24.8 Å². The summed E-state index contributed by atoms with van der Waals surface area (Å²) in [4.78, 5) is 16.2. The summed E-state index contributed by atoms with van der Waals surface area (Å²) in [5, 5.41) is 0.0982. The number of nitrogens with zero attached hydrogens (tertiary/aromatic N) is 2. The number of alkyl halides is 3. The molecule has 1 amide bonds. The molecule has 9 heteroatoms. The predicted molar refractivity (Wildman–Crippen MR) is 121 cm³/mol. The summed E-state index contributed by atoms with van der Waals surface area (Å²) in [6.45, 7) is 3.55. The van der Waals surface area contributed by atoms with Crippen molar-refractivity contribution in [3.05, 3.63) is 51.5 Å². The molecule has 0 atom stereocenters. The van der Waals surface area contributed by atoms with E-state index in [-0.39, 0.29) is 26.7 Å². The van der Waals surface area contributed by atoms with Gasteiger partial charge in [-0.3, -0.25) is 4.79 Å². The molecule has 0 aliphatic carbocycles.